The second-order valence-electron chi connectivity index (χ2n) is 6.20. The van der Waals surface area contributed by atoms with E-state index in [1.807, 2.05) is 12.1 Å². The van der Waals surface area contributed by atoms with Gasteiger partial charge in [-0.15, -0.1) is 0 Å². The molecular weight excluding hydrogens is 316 g/mol. The molecule has 2 aromatic rings. The zero-order valence-electron chi connectivity index (χ0n) is 14.8. The molecule has 0 fully saturated rings. The molecule has 0 aliphatic rings. The van der Waals surface area contributed by atoms with Crippen LogP contribution in [-0.2, 0) is 6.42 Å². The van der Waals surface area contributed by atoms with Crippen molar-refractivity contribution in [3.63, 3.8) is 0 Å². The highest BCUT2D eigenvalue weighted by molar-refractivity contribution is 7.97. The highest BCUT2D eigenvalue weighted by Crippen LogP contribution is 2.23. The van der Waals surface area contributed by atoms with E-state index in [1.54, 1.807) is 11.9 Å². The van der Waals surface area contributed by atoms with Crippen molar-refractivity contribution >= 4 is 11.9 Å². The number of nitrogens with two attached hydrogens (primary N) is 1. The van der Waals surface area contributed by atoms with Gasteiger partial charge in [-0.1, -0.05) is 62.2 Å². The smallest absolute Gasteiger partial charge is 0.119 e. The number of benzene rings is 2. The van der Waals surface area contributed by atoms with Gasteiger partial charge in [-0.05, 0) is 48.7 Å². The van der Waals surface area contributed by atoms with Crippen LogP contribution in [-0.4, -0.2) is 24.4 Å². The second-order valence-corrected chi connectivity index (χ2v) is 7.67. The van der Waals surface area contributed by atoms with Crippen LogP contribution >= 0.6 is 11.9 Å². The molecule has 0 aliphatic heterocycles. The molecule has 1 unspecified atom stereocenters. The Balaban J connectivity index is 1.90. The molecule has 0 radical (unpaired) electrons. The summed E-state index contributed by atoms with van der Waals surface area (Å²) in [6, 6.07) is 16.9. The van der Waals surface area contributed by atoms with E-state index in [0.717, 1.165) is 18.7 Å². The Morgan fingerprint density at radius 3 is 2.08 bits per heavy atom. The average Bonchev–Trinajstić information content (AvgIpc) is 2.56. The van der Waals surface area contributed by atoms with Gasteiger partial charge in [-0.3, -0.25) is 4.72 Å². The molecule has 0 spiro atoms. The molecule has 0 aliphatic carbocycles. The summed E-state index contributed by atoms with van der Waals surface area (Å²) in [4.78, 5) is 0. The van der Waals surface area contributed by atoms with Crippen LogP contribution in [0.1, 0.15) is 26.3 Å². The summed E-state index contributed by atoms with van der Waals surface area (Å²) in [5, 5.41) is 0.577. The zero-order valence-corrected chi connectivity index (χ0v) is 15.6. The first-order valence-corrected chi connectivity index (χ1v) is 9.41. The maximum Gasteiger partial charge on any atom is 0.119 e. The summed E-state index contributed by atoms with van der Waals surface area (Å²) in [7, 11) is 0. The highest BCUT2D eigenvalue weighted by Gasteiger charge is 2.05. The molecule has 0 heterocycles. The van der Waals surface area contributed by atoms with E-state index in [-0.39, 0.29) is 6.10 Å². The van der Waals surface area contributed by atoms with Crippen LogP contribution in [0.15, 0.2) is 48.5 Å². The standard InChI is InChI=1S/C20H28N2OS/c1-15(2)24-22-14-16(3)23-20-10-8-19(9-11-20)18-6-4-17(5-7-18)12-13-21/h4-11,15-16,22H,12-14,21H2,1-3H3. The van der Waals surface area contributed by atoms with E-state index in [2.05, 4.69) is 61.9 Å². The largest absolute Gasteiger partial charge is 0.489 e. The van der Waals surface area contributed by atoms with Gasteiger partial charge in [0.1, 0.15) is 11.9 Å². The van der Waals surface area contributed by atoms with Gasteiger partial charge in [0.15, 0.2) is 0 Å². The van der Waals surface area contributed by atoms with Gasteiger partial charge in [-0.25, -0.2) is 0 Å². The van der Waals surface area contributed by atoms with Crippen molar-refractivity contribution in [2.75, 3.05) is 13.1 Å². The molecule has 4 heteroatoms. The molecule has 0 bridgehead atoms. The molecular formula is C20H28N2OS. The Kier molecular flexibility index (Phi) is 7.63. The van der Waals surface area contributed by atoms with Gasteiger partial charge < -0.3 is 10.5 Å². The Hall–Kier alpha value is -1.49. The van der Waals surface area contributed by atoms with Crippen molar-refractivity contribution in [3.8, 4) is 16.9 Å². The van der Waals surface area contributed by atoms with Crippen LogP contribution in [0.25, 0.3) is 11.1 Å². The van der Waals surface area contributed by atoms with E-state index in [4.69, 9.17) is 10.5 Å². The van der Waals surface area contributed by atoms with Crippen LogP contribution in [0, 0.1) is 0 Å². The fourth-order valence-corrected chi connectivity index (χ4v) is 3.03. The third-order valence-electron chi connectivity index (χ3n) is 3.60. The van der Waals surface area contributed by atoms with E-state index in [9.17, 15) is 0 Å². The van der Waals surface area contributed by atoms with Gasteiger partial charge in [0.25, 0.3) is 0 Å². The first-order chi connectivity index (χ1) is 11.6. The summed E-state index contributed by atoms with van der Waals surface area (Å²) in [5.41, 5.74) is 9.28. The van der Waals surface area contributed by atoms with Crippen molar-refractivity contribution in [2.45, 2.75) is 38.5 Å². The minimum Gasteiger partial charge on any atom is -0.489 e. The van der Waals surface area contributed by atoms with Crippen LogP contribution < -0.4 is 15.2 Å². The minimum absolute atomic E-state index is 0.137. The zero-order chi connectivity index (χ0) is 17.4. The van der Waals surface area contributed by atoms with E-state index >= 15 is 0 Å². The maximum absolute atomic E-state index is 5.95. The first kappa shape index (κ1) is 18.8. The summed E-state index contributed by atoms with van der Waals surface area (Å²) in [6.45, 7) is 7.94. The monoisotopic (exact) mass is 344 g/mol. The molecule has 24 heavy (non-hydrogen) atoms. The summed E-state index contributed by atoms with van der Waals surface area (Å²) in [5.74, 6) is 0.905. The number of hydrogen-bond donors (Lipinski definition) is 2. The number of hydrogen-bond acceptors (Lipinski definition) is 4. The van der Waals surface area contributed by atoms with Crippen LogP contribution in [0.3, 0.4) is 0 Å². The summed E-state index contributed by atoms with van der Waals surface area (Å²) in [6.07, 6.45) is 1.06. The average molecular weight is 345 g/mol. The van der Waals surface area contributed by atoms with Crippen molar-refractivity contribution in [2.24, 2.45) is 5.73 Å². The second kappa shape index (κ2) is 9.72. The molecule has 0 saturated heterocycles. The van der Waals surface area contributed by atoms with Gasteiger partial charge in [0.2, 0.25) is 0 Å². The van der Waals surface area contributed by atoms with Gasteiger partial charge in [-0.2, -0.15) is 0 Å². The predicted molar refractivity (Wildman–Crippen MR) is 105 cm³/mol. The lowest BCUT2D eigenvalue weighted by atomic mass is 10.0. The Morgan fingerprint density at radius 2 is 1.54 bits per heavy atom. The van der Waals surface area contributed by atoms with Crippen LogP contribution in [0.4, 0.5) is 0 Å². The molecule has 2 rings (SSSR count). The predicted octanol–water partition coefficient (Wildman–Crippen LogP) is 4.27. The third kappa shape index (κ3) is 6.19. The Bertz CT molecular complexity index is 596. The Labute approximate surface area is 150 Å². The lowest BCUT2D eigenvalue weighted by Crippen LogP contribution is -2.25. The Morgan fingerprint density at radius 1 is 0.958 bits per heavy atom. The molecule has 3 nitrogen and oxygen atoms in total. The molecule has 1 atom stereocenters. The van der Waals surface area contributed by atoms with Gasteiger partial charge in [0, 0.05) is 11.8 Å². The fourth-order valence-electron chi connectivity index (χ4n) is 2.36. The van der Waals surface area contributed by atoms with Gasteiger partial charge in [0.05, 0.1) is 0 Å². The van der Waals surface area contributed by atoms with Crippen molar-refractivity contribution in [1.82, 2.24) is 4.72 Å². The van der Waals surface area contributed by atoms with Crippen LogP contribution in [0.2, 0.25) is 0 Å². The minimum atomic E-state index is 0.137. The van der Waals surface area contributed by atoms with Crippen LogP contribution in [0.5, 0.6) is 5.75 Å². The molecule has 130 valence electrons. The van der Waals surface area contributed by atoms with Crippen molar-refractivity contribution < 1.29 is 4.74 Å². The number of ether oxygens (including phenoxy) is 1. The lowest BCUT2D eigenvalue weighted by Gasteiger charge is -2.16. The molecule has 0 saturated carbocycles. The quantitative estimate of drug-likeness (QED) is 0.667. The van der Waals surface area contributed by atoms with Crippen molar-refractivity contribution in [1.29, 1.82) is 0 Å². The van der Waals surface area contributed by atoms with Gasteiger partial charge >= 0.3 is 0 Å². The topological polar surface area (TPSA) is 47.3 Å². The molecule has 2 aromatic carbocycles. The van der Waals surface area contributed by atoms with E-state index in [0.29, 0.717) is 11.8 Å². The molecule has 0 amide bonds. The number of nitrogens with one attached hydrogen (secondary N) is 1. The summed E-state index contributed by atoms with van der Waals surface area (Å²) < 4.78 is 9.29. The fraction of sp³-hybridized carbons (Fsp3) is 0.400. The van der Waals surface area contributed by atoms with E-state index < -0.39 is 0 Å². The molecule has 0 aromatic heterocycles. The third-order valence-corrected chi connectivity index (χ3v) is 4.41. The normalized spacial score (nSPS) is 12.4. The lowest BCUT2D eigenvalue weighted by molar-refractivity contribution is 0.226. The summed E-state index contributed by atoms with van der Waals surface area (Å²) >= 11 is 1.74. The van der Waals surface area contributed by atoms with E-state index in [1.165, 1.54) is 16.7 Å². The molecule has 3 N–H and O–H groups in total. The maximum atomic E-state index is 5.95. The van der Waals surface area contributed by atoms with Crippen molar-refractivity contribution in [3.05, 3.63) is 54.1 Å². The highest BCUT2D eigenvalue weighted by atomic mass is 32.2. The number of rotatable bonds is 9. The first-order valence-electron chi connectivity index (χ1n) is 8.53. The SMILES string of the molecule is CC(CNSC(C)C)Oc1ccc(-c2ccc(CCN)cc2)cc1.